The van der Waals surface area contributed by atoms with Gasteiger partial charge in [-0.1, -0.05) is 30.3 Å². The molecule has 1 aliphatic heterocycles. The Morgan fingerprint density at radius 3 is 2.50 bits per heavy atom. The summed E-state index contributed by atoms with van der Waals surface area (Å²) < 4.78 is 10.1. The van der Waals surface area contributed by atoms with Gasteiger partial charge >= 0.3 is 0 Å². The van der Waals surface area contributed by atoms with E-state index in [1.165, 1.54) is 0 Å². The maximum atomic E-state index is 10.1. The van der Waals surface area contributed by atoms with Gasteiger partial charge < -0.3 is 24.8 Å². The van der Waals surface area contributed by atoms with Crippen LogP contribution in [-0.4, -0.2) is 40.9 Å². The average Bonchev–Trinajstić information content (AvgIpc) is 3.10. The highest BCUT2D eigenvalue weighted by Crippen LogP contribution is 2.27. The molecule has 1 saturated heterocycles. The summed E-state index contributed by atoms with van der Waals surface area (Å²) in [7, 11) is 0. The van der Waals surface area contributed by atoms with Gasteiger partial charge in [0, 0.05) is 5.56 Å². The highest BCUT2D eigenvalue weighted by atomic mass is 16.7. The first-order valence-corrected chi connectivity index (χ1v) is 5.02. The van der Waals surface area contributed by atoms with E-state index in [0.29, 0.717) is 12.2 Å². The maximum absolute atomic E-state index is 10.1. The fraction of sp³-hybridized carbons (Fsp3) is 0.455. The Balaban J connectivity index is 2.13. The van der Waals surface area contributed by atoms with Gasteiger partial charge in [0.1, 0.15) is 6.10 Å². The standard InChI is InChI=1S/C11H14O5/c12-10(13)11(14,16-7-9-6-15-9)8-4-2-1-3-5-8/h1-5,9-10,12-14H,6-7H2. The molecule has 2 rings (SSSR count). The molecule has 1 fully saturated rings. The molecule has 0 saturated carbocycles. The van der Waals surface area contributed by atoms with Crippen LogP contribution in [0, 0.1) is 0 Å². The minimum absolute atomic E-state index is 0.0611. The van der Waals surface area contributed by atoms with Crippen LogP contribution in [-0.2, 0) is 15.3 Å². The Morgan fingerprint density at radius 1 is 1.38 bits per heavy atom. The summed E-state index contributed by atoms with van der Waals surface area (Å²) >= 11 is 0. The third-order valence-electron chi connectivity index (χ3n) is 2.43. The summed E-state index contributed by atoms with van der Waals surface area (Å²) in [5.74, 6) is -2.10. The third-order valence-corrected chi connectivity index (χ3v) is 2.43. The second kappa shape index (κ2) is 4.48. The lowest BCUT2D eigenvalue weighted by Crippen LogP contribution is -2.42. The first-order valence-electron chi connectivity index (χ1n) is 5.02. The summed E-state index contributed by atoms with van der Waals surface area (Å²) in [6, 6.07) is 8.25. The van der Waals surface area contributed by atoms with E-state index in [0.717, 1.165) is 0 Å². The number of rotatable bonds is 5. The molecule has 5 heteroatoms. The van der Waals surface area contributed by atoms with Crippen LogP contribution in [0.4, 0.5) is 0 Å². The zero-order valence-corrected chi connectivity index (χ0v) is 8.61. The van der Waals surface area contributed by atoms with Crippen LogP contribution in [0.25, 0.3) is 0 Å². The molecule has 0 aliphatic carbocycles. The molecule has 0 amide bonds. The summed E-state index contributed by atoms with van der Waals surface area (Å²) in [6.07, 6.45) is -2.07. The van der Waals surface area contributed by atoms with Crippen molar-refractivity contribution in [3.63, 3.8) is 0 Å². The van der Waals surface area contributed by atoms with Crippen LogP contribution in [0.15, 0.2) is 30.3 Å². The Labute approximate surface area is 92.9 Å². The number of epoxide rings is 1. The van der Waals surface area contributed by atoms with Crippen LogP contribution in [0.2, 0.25) is 0 Å². The zero-order valence-electron chi connectivity index (χ0n) is 8.61. The van der Waals surface area contributed by atoms with Crippen molar-refractivity contribution in [2.24, 2.45) is 0 Å². The second-order valence-corrected chi connectivity index (χ2v) is 3.70. The predicted octanol–water partition coefficient (Wildman–Crippen LogP) is -0.442. The van der Waals surface area contributed by atoms with Crippen molar-refractivity contribution >= 4 is 0 Å². The first kappa shape index (κ1) is 11.5. The highest BCUT2D eigenvalue weighted by molar-refractivity contribution is 5.20. The van der Waals surface area contributed by atoms with Gasteiger partial charge in [-0.2, -0.15) is 0 Å². The van der Waals surface area contributed by atoms with Gasteiger partial charge in [0.15, 0.2) is 0 Å². The monoisotopic (exact) mass is 226 g/mol. The van der Waals surface area contributed by atoms with Gasteiger partial charge in [-0.05, 0) is 0 Å². The normalized spacial score (nSPS) is 23.1. The number of aliphatic hydroxyl groups excluding tert-OH is 1. The summed E-state index contributed by atoms with van der Waals surface area (Å²) in [5, 5.41) is 28.5. The number of aliphatic hydroxyl groups is 3. The van der Waals surface area contributed by atoms with Crippen molar-refractivity contribution < 1.29 is 24.8 Å². The zero-order chi connectivity index (χ0) is 11.6. The van der Waals surface area contributed by atoms with E-state index in [4.69, 9.17) is 9.47 Å². The number of ether oxygens (including phenoxy) is 2. The van der Waals surface area contributed by atoms with Crippen molar-refractivity contribution in [3.05, 3.63) is 35.9 Å². The molecule has 1 heterocycles. The van der Waals surface area contributed by atoms with E-state index in [1.807, 2.05) is 0 Å². The molecule has 0 aromatic heterocycles. The predicted molar refractivity (Wildman–Crippen MR) is 54.3 cm³/mol. The van der Waals surface area contributed by atoms with Crippen LogP contribution in [0.5, 0.6) is 0 Å². The van der Waals surface area contributed by atoms with Crippen molar-refractivity contribution in [1.82, 2.24) is 0 Å². The smallest absolute Gasteiger partial charge is 0.245 e. The molecule has 1 aromatic carbocycles. The van der Waals surface area contributed by atoms with Crippen LogP contribution in [0.3, 0.4) is 0 Å². The maximum Gasteiger partial charge on any atom is 0.245 e. The van der Waals surface area contributed by atoms with E-state index in [9.17, 15) is 15.3 Å². The molecule has 0 radical (unpaired) electrons. The van der Waals surface area contributed by atoms with Gasteiger partial charge in [0.25, 0.3) is 0 Å². The molecule has 2 unspecified atom stereocenters. The Morgan fingerprint density at radius 2 is 2.00 bits per heavy atom. The fourth-order valence-corrected chi connectivity index (χ4v) is 1.37. The topological polar surface area (TPSA) is 82.5 Å². The first-order chi connectivity index (χ1) is 7.63. The lowest BCUT2D eigenvalue weighted by atomic mass is 10.1. The van der Waals surface area contributed by atoms with E-state index >= 15 is 0 Å². The number of hydrogen-bond acceptors (Lipinski definition) is 5. The summed E-state index contributed by atoms with van der Waals surface area (Å²) in [6.45, 7) is 0.704. The minimum atomic E-state index is -2.10. The number of benzene rings is 1. The van der Waals surface area contributed by atoms with Crippen molar-refractivity contribution in [2.45, 2.75) is 18.2 Å². The molecule has 1 aromatic rings. The molecule has 2 atom stereocenters. The second-order valence-electron chi connectivity index (χ2n) is 3.70. The molecule has 5 nitrogen and oxygen atoms in total. The van der Waals surface area contributed by atoms with Crippen LogP contribution >= 0.6 is 0 Å². The largest absolute Gasteiger partial charge is 0.371 e. The van der Waals surface area contributed by atoms with E-state index in [2.05, 4.69) is 0 Å². The highest BCUT2D eigenvalue weighted by Gasteiger charge is 2.40. The molecule has 0 bridgehead atoms. The Bertz CT molecular complexity index is 335. The van der Waals surface area contributed by atoms with Crippen molar-refractivity contribution in [1.29, 1.82) is 0 Å². The molecular weight excluding hydrogens is 212 g/mol. The SMILES string of the molecule is OC(O)C(O)(OCC1CO1)c1ccccc1. The molecule has 0 spiro atoms. The Hall–Kier alpha value is -0.980. The van der Waals surface area contributed by atoms with Crippen molar-refractivity contribution in [3.8, 4) is 0 Å². The van der Waals surface area contributed by atoms with Crippen LogP contribution < -0.4 is 0 Å². The molecular formula is C11H14O5. The fourth-order valence-electron chi connectivity index (χ4n) is 1.37. The van der Waals surface area contributed by atoms with Gasteiger partial charge in [0.05, 0.1) is 13.2 Å². The van der Waals surface area contributed by atoms with E-state index < -0.39 is 12.1 Å². The lowest BCUT2D eigenvalue weighted by molar-refractivity contribution is -0.321. The van der Waals surface area contributed by atoms with Gasteiger partial charge in [-0.25, -0.2) is 0 Å². The number of hydrogen-bond donors (Lipinski definition) is 3. The van der Waals surface area contributed by atoms with Gasteiger partial charge in [-0.3, -0.25) is 0 Å². The quantitative estimate of drug-likeness (QED) is 0.468. The molecule has 16 heavy (non-hydrogen) atoms. The third kappa shape index (κ3) is 2.40. The average molecular weight is 226 g/mol. The molecule has 3 N–H and O–H groups in total. The summed E-state index contributed by atoms with van der Waals surface area (Å²) in [5.41, 5.74) is 0.297. The van der Waals surface area contributed by atoms with Gasteiger partial charge in [-0.15, -0.1) is 0 Å². The molecule has 88 valence electrons. The van der Waals surface area contributed by atoms with Crippen LogP contribution in [0.1, 0.15) is 5.56 Å². The van der Waals surface area contributed by atoms with E-state index in [-0.39, 0.29) is 12.7 Å². The molecule has 1 aliphatic rings. The lowest BCUT2D eigenvalue weighted by Gasteiger charge is -2.29. The Kier molecular flexibility index (Phi) is 3.22. The minimum Gasteiger partial charge on any atom is -0.371 e. The van der Waals surface area contributed by atoms with Crippen molar-refractivity contribution in [2.75, 3.05) is 13.2 Å². The summed E-state index contributed by atoms with van der Waals surface area (Å²) in [4.78, 5) is 0. The van der Waals surface area contributed by atoms with E-state index in [1.54, 1.807) is 30.3 Å². The van der Waals surface area contributed by atoms with Gasteiger partial charge in [0.2, 0.25) is 12.1 Å².